The van der Waals surface area contributed by atoms with Crippen LogP contribution in [0.25, 0.3) is 16.6 Å². The van der Waals surface area contributed by atoms with E-state index in [1.54, 1.807) is 24.3 Å². The van der Waals surface area contributed by atoms with Crippen LogP contribution in [0, 0.1) is 0 Å². The summed E-state index contributed by atoms with van der Waals surface area (Å²) in [7, 11) is 1.47. The van der Waals surface area contributed by atoms with Gasteiger partial charge in [0.2, 0.25) is 5.88 Å². The highest BCUT2D eigenvalue weighted by molar-refractivity contribution is 6.30. The third kappa shape index (κ3) is 3.00. The quantitative estimate of drug-likeness (QED) is 0.501. The molecule has 8 heteroatoms. The number of halogens is 1. The lowest BCUT2D eigenvalue weighted by molar-refractivity contribution is 0.214. The first-order valence-corrected chi connectivity index (χ1v) is 10.9. The summed E-state index contributed by atoms with van der Waals surface area (Å²) in [5.74, 6) is -0.319. The molecule has 0 bridgehead atoms. The number of nitrogens with one attached hydrogen (secondary N) is 1. The van der Waals surface area contributed by atoms with Gasteiger partial charge in [0, 0.05) is 35.2 Å². The lowest BCUT2D eigenvalue weighted by atomic mass is 9.93. The summed E-state index contributed by atoms with van der Waals surface area (Å²) >= 11 is 6.00. The Labute approximate surface area is 189 Å². The van der Waals surface area contributed by atoms with Crippen molar-refractivity contribution < 1.29 is 5.11 Å². The SMILES string of the molecule is CCN1CCc2c([nH]c3ccccc23)[C@H]1c1c(O)n(C)c(=O)n(-c2ccc(Cl)cc2)c1=O. The number of rotatable bonds is 3. The number of para-hydroxylation sites is 1. The van der Waals surface area contributed by atoms with Crippen LogP contribution in [0.2, 0.25) is 5.02 Å². The van der Waals surface area contributed by atoms with Gasteiger partial charge in [-0.25, -0.2) is 9.36 Å². The average molecular weight is 451 g/mol. The van der Waals surface area contributed by atoms with E-state index in [9.17, 15) is 14.7 Å². The monoisotopic (exact) mass is 450 g/mol. The number of aromatic nitrogens is 3. The summed E-state index contributed by atoms with van der Waals surface area (Å²) < 4.78 is 2.21. The van der Waals surface area contributed by atoms with Gasteiger partial charge in [-0.1, -0.05) is 36.7 Å². The van der Waals surface area contributed by atoms with Gasteiger partial charge >= 0.3 is 5.69 Å². The lowest BCUT2D eigenvalue weighted by Crippen LogP contribution is -2.44. The molecule has 5 rings (SSSR count). The summed E-state index contributed by atoms with van der Waals surface area (Å²) in [5.41, 5.74) is 2.43. The topological polar surface area (TPSA) is 83.3 Å². The third-order valence-electron chi connectivity index (χ3n) is 6.37. The van der Waals surface area contributed by atoms with Crippen molar-refractivity contribution >= 4 is 22.5 Å². The fourth-order valence-electron chi connectivity index (χ4n) is 4.74. The van der Waals surface area contributed by atoms with E-state index in [0.717, 1.165) is 44.3 Å². The van der Waals surface area contributed by atoms with Crippen molar-refractivity contribution in [1.82, 2.24) is 19.0 Å². The van der Waals surface area contributed by atoms with E-state index >= 15 is 0 Å². The van der Waals surface area contributed by atoms with Crippen molar-refractivity contribution in [2.24, 2.45) is 7.05 Å². The Balaban J connectivity index is 1.82. The molecule has 0 saturated heterocycles. The minimum absolute atomic E-state index is 0.177. The van der Waals surface area contributed by atoms with Crippen molar-refractivity contribution in [3.8, 4) is 11.6 Å². The number of hydrogen-bond donors (Lipinski definition) is 2. The lowest BCUT2D eigenvalue weighted by Gasteiger charge is -2.35. The highest BCUT2D eigenvalue weighted by Gasteiger charge is 2.36. The molecule has 2 aromatic carbocycles. The Morgan fingerprint density at radius 1 is 1.12 bits per heavy atom. The Morgan fingerprint density at radius 3 is 2.56 bits per heavy atom. The molecule has 3 heterocycles. The Hall–Kier alpha value is -3.29. The highest BCUT2D eigenvalue weighted by atomic mass is 35.5. The number of hydrogen-bond acceptors (Lipinski definition) is 4. The Kier molecular flexibility index (Phi) is 4.95. The zero-order valence-corrected chi connectivity index (χ0v) is 18.6. The maximum absolute atomic E-state index is 13.8. The van der Waals surface area contributed by atoms with Gasteiger partial charge in [0.1, 0.15) is 5.56 Å². The Morgan fingerprint density at radius 2 is 1.84 bits per heavy atom. The van der Waals surface area contributed by atoms with E-state index in [1.807, 2.05) is 25.1 Å². The molecule has 0 spiro atoms. The molecule has 2 N–H and O–H groups in total. The van der Waals surface area contributed by atoms with Crippen LogP contribution in [0.1, 0.15) is 29.8 Å². The van der Waals surface area contributed by atoms with Gasteiger partial charge in [-0.2, -0.15) is 0 Å². The summed E-state index contributed by atoms with van der Waals surface area (Å²) in [4.78, 5) is 32.4. The number of aromatic amines is 1. The standard InChI is InChI=1S/C24H23ClN4O3/c1-3-28-13-12-17-16-6-4-5-7-18(16)26-20(17)21(28)19-22(30)27(2)24(32)29(23(19)31)15-10-8-14(25)9-11-15/h4-11,21,26,30H,3,12-13H2,1-2H3/t21-/m1/s1. The van der Waals surface area contributed by atoms with Crippen molar-refractivity contribution in [2.75, 3.05) is 13.1 Å². The minimum Gasteiger partial charge on any atom is -0.494 e. The van der Waals surface area contributed by atoms with Gasteiger partial charge in [-0.15, -0.1) is 0 Å². The fraction of sp³-hybridized carbons (Fsp3) is 0.250. The molecule has 32 heavy (non-hydrogen) atoms. The molecule has 0 aliphatic carbocycles. The second kappa shape index (κ2) is 7.69. The van der Waals surface area contributed by atoms with Gasteiger partial charge in [0.15, 0.2) is 0 Å². The molecule has 0 saturated carbocycles. The summed E-state index contributed by atoms with van der Waals surface area (Å²) in [6.07, 6.45) is 0.835. The Bertz CT molecular complexity index is 1450. The average Bonchev–Trinajstić information content (AvgIpc) is 3.18. The molecule has 4 aromatic rings. The first-order valence-electron chi connectivity index (χ1n) is 10.6. The predicted molar refractivity (Wildman–Crippen MR) is 125 cm³/mol. The van der Waals surface area contributed by atoms with Crippen LogP contribution in [-0.4, -0.2) is 37.2 Å². The first-order chi connectivity index (χ1) is 15.4. The van der Waals surface area contributed by atoms with E-state index in [4.69, 9.17) is 11.6 Å². The van der Waals surface area contributed by atoms with Crippen LogP contribution in [0.5, 0.6) is 5.88 Å². The smallest absolute Gasteiger partial charge is 0.338 e. The van der Waals surface area contributed by atoms with Gasteiger partial charge in [-0.3, -0.25) is 14.3 Å². The van der Waals surface area contributed by atoms with Gasteiger partial charge in [0.05, 0.1) is 11.7 Å². The largest absolute Gasteiger partial charge is 0.494 e. The second-order valence-electron chi connectivity index (χ2n) is 8.04. The molecule has 7 nitrogen and oxygen atoms in total. The number of nitrogens with zero attached hydrogens (tertiary/aromatic N) is 3. The number of aromatic hydroxyl groups is 1. The normalized spacial score (nSPS) is 16.4. The van der Waals surface area contributed by atoms with Crippen LogP contribution >= 0.6 is 11.6 Å². The van der Waals surface area contributed by atoms with E-state index in [0.29, 0.717) is 17.3 Å². The van der Waals surface area contributed by atoms with E-state index in [1.165, 1.54) is 7.05 Å². The van der Waals surface area contributed by atoms with Crippen molar-refractivity contribution in [3.05, 3.63) is 91.2 Å². The minimum atomic E-state index is -0.616. The van der Waals surface area contributed by atoms with E-state index in [-0.39, 0.29) is 11.4 Å². The van der Waals surface area contributed by atoms with Crippen LogP contribution in [0.3, 0.4) is 0 Å². The molecule has 0 radical (unpaired) electrons. The summed E-state index contributed by atoms with van der Waals surface area (Å²) in [6, 6.07) is 14.0. The van der Waals surface area contributed by atoms with E-state index < -0.39 is 17.3 Å². The zero-order valence-electron chi connectivity index (χ0n) is 17.8. The van der Waals surface area contributed by atoms with Crippen LogP contribution < -0.4 is 11.2 Å². The second-order valence-corrected chi connectivity index (χ2v) is 8.48. The number of fused-ring (bicyclic) bond motifs is 3. The van der Waals surface area contributed by atoms with Gasteiger partial charge < -0.3 is 10.1 Å². The molecular weight excluding hydrogens is 428 g/mol. The maximum atomic E-state index is 13.8. The molecule has 0 fully saturated rings. The first kappa shape index (κ1) is 20.6. The molecule has 0 unspecified atom stereocenters. The van der Waals surface area contributed by atoms with Crippen molar-refractivity contribution in [1.29, 1.82) is 0 Å². The van der Waals surface area contributed by atoms with Crippen molar-refractivity contribution in [3.63, 3.8) is 0 Å². The highest BCUT2D eigenvalue weighted by Crippen LogP contribution is 2.39. The summed E-state index contributed by atoms with van der Waals surface area (Å²) in [5, 5.41) is 12.6. The number of benzene rings is 2. The molecular formula is C24H23ClN4O3. The van der Waals surface area contributed by atoms with Crippen molar-refractivity contribution in [2.45, 2.75) is 19.4 Å². The van der Waals surface area contributed by atoms with E-state index in [2.05, 4.69) is 16.0 Å². The fourth-order valence-corrected chi connectivity index (χ4v) is 4.87. The molecule has 1 atom stereocenters. The van der Waals surface area contributed by atoms with Crippen LogP contribution in [-0.2, 0) is 13.5 Å². The number of likely N-dealkylation sites (N-methyl/N-ethyl adjacent to an activating group) is 1. The number of H-pyrrole nitrogens is 1. The molecule has 1 aliphatic heterocycles. The third-order valence-corrected chi connectivity index (χ3v) is 6.62. The molecule has 164 valence electrons. The van der Waals surface area contributed by atoms with Crippen LogP contribution in [0.4, 0.5) is 0 Å². The van der Waals surface area contributed by atoms with Gasteiger partial charge in [-0.05, 0) is 48.9 Å². The summed E-state index contributed by atoms with van der Waals surface area (Å²) in [6.45, 7) is 3.44. The maximum Gasteiger partial charge on any atom is 0.338 e. The van der Waals surface area contributed by atoms with Crippen LogP contribution in [0.15, 0.2) is 58.1 Å². The molecule has 0 amide bonds. The molecule has 2 aromatic heterocycles. The van der Waals surface area contributed by atoms with Gasteiger partial charge in [0.25, 0.3) is 5.56 Å². The molecule has 1 aliphatic rings. The predicted octanol–water partition coefficient (Wildman–Crippen LogP) is 3.34. The zero-order chi connectivity index (χ0) is 22.6.